The van der Waals surface area contributed by atoms with Gasteiger partial charge in [0.25, 0.3) is 12.4 Å². The van der Waals surface area contributed by atoms with Crippen LogP contribution in [-0.2, 0) is 27.9 Å². The Morgan fingerprint density at radius 2 is 1.96 bits per heavy atom. The Morgan fingerprint density at radius 3 is 2.57 bits per heavy atom. The maximum Gasteiger partial charge on any atom is 0.290 e. The molecule has 8 nitrogen and oxygen atoms in total. The molecule has 11 heteroatoms. The highest BCUT2D eigenvalue weighted by Gasteiger charge is 2.17. The Kier molecular flexibility index (Phi) is 8.97. The number of hydrogen-bond donors (Lipinski definition) is 3. The fourth-order valence-corrected chi connectivity index (χ4v) is 2.74. The van der Waals surface area contributed by atoms with Crippen LogP contribution in [0.4, 0.5) is 4.39 Å². The summed E-state index contributed by atoms with van der Waals surface area (Å²) < 4.78 is 38.5. The van der Waals surface area contributed by atoms with Gasteiger partial charge in [-0.1, -0.05) is 17.7 Å². The number of aryl methyl sites for hydroxylation is 1. The summed E-state index contributed by atoms with van der Waals surface area (Å²) in [6.07, 6.45) is 2.57. The van der Waals surface area contributed by atoms with Crippen molar-refractivity contribution in [3.05, 3.63) is 63.7 Å². The van der Waals surface area contributed by atoms with Gasteiger partial charge in [0.15, 0.2) is 0 Å². The number of nitrogens with zero attached hydrogens (tertiary/aromatic N) is 1. The van der Waals surface area contributed by atoms with Crippen LogP contribution in [0.2, 0.25) is 5.02 Å². The van der Waals surface area contributed by atoms with E-state index in [0.29, 0.717) is 16.8 Å². The maximum absolute atomic E-state index is 13.9. The summed E-state index contributed by atoms with van der Waals surface area (Å²) in [5, 5.41) is 9.51. The number of benzene rings is 1. The van der Waals surface area contributed by atoms with Gasteiger partial charge in [0.1, 0.15) is 5.82 Å². The molecule has 0 aliphatic heterocycles. The second kappa shape index (κ2) is 10.7. The van der Waals surface area contributed by atoms with E-state index in [1.807, 2.05) is 0 Å². The summed E-state index contributed by atoms with van der Waals surface area (Å²) in [6, 6.07) is 5.98. The largest absolute Gasteiger partial charge is 0.483 e. The normalized spacial score (nSPS) is 10.6. The van der Waals surface area contributed by atoms with E-state index in [-0.39, 0.29) is 30.1 Å². The Balaban J connectivity index is 0.00000122. The summed E-state index contributed by atoms with van der Waals surface area (Å²) in [5.41, 5.74) is 1.58. The smallest absolute Gasteiger partial charge is 0.290 e. The topological polar surface area (TPSA) is 125 Å². The number of carbonyl (C=O) groups excluding carboxylic acids is 1. The molecule has 0 saturated carbocycles. The summed E-state index contributed by atoms with van der Waals surface area (Å²) in [6.45, 7) is 1.59. The number of carboxylic acid groups (broad SMARTS) is 1. The quantitative estimate of drug-likeness (QED) is 0.599. The van der Waals surface area contributed by atoms with Crippen molar-refractivity contribution >= 4 is 34.0 Å². The lowest BCUT2D eigenvalue weighted by Crippen LogP contribution is -2.25. The third-order valence-corrected chi connectivity index (χ3v) is 4.52. The highest BCUT2D eigenvalue weighted by molar-refractivity contribution is 7.88. The van der Waals surface area contributed by atoms with Gasteiger partial charge in [0.05, 0.1) is 29.1 Å². The highest BCUT2D eigenvalue weighted by Crippen LogP contribution is 2.23. The van der Waals surface area contributed by atoms with Crippen LogP contribution in [0.25, 0.3) is 0 Å². The second-order valence-corrected chi connectivity index (χ2v) is 7.80. The zero-order chi connectivity index (χ0) is 21.3. The summed E-state index contributed by atoms with van der Waals surface area (Å²) >= 11 is 6.00. The molecule has 2 aromatic rings. The van der Waals surface area contributed by atoms with E-state index >= 15 is 0 Å². The SMILES string of the molecule is Cc1ccc(F)c(C(=O)NCc2cc(CNS(C)(=O)=O)ccn2)c1Cl.O=CO. The first-order chi connectivity index (χ1) is 13.1. The fraction of sp³-hybridized carbons (Fsp3) is 0.235. The van der Waals surface area contributed by atoms with E-state index in [2.05, 4.69) is 15.0 Å². The Morgan fingerprint density at radius 1 is 1.32 bits per heavy atom. The van der Waals surface area contributed by atoms with Gasteiger partial charge in [0.2, 0.25) is 10.0 Å². The summed E-state index contributed by atoms with van der Waals surface area (Å²) in [5.74, 6) is -1.35. The van der Waals surface area contributed by atoms with Crippen LogP contribution in [0.3, 0.4) is 0 Å². The number of nitrogens with one attached hydrogen (secondary N) is 2. The van der Waals surface area contributed by atoms with Gasteiger partial charge < -0.3 is 10.4 Å². The van der Waals surface area contributed by atoms with Crippen LogP contribution >= 0.6 is 11.6 Å². The van der Waals surface area contributed by atoms with E-state index in [4.69, 9.17) is 21.5 Å². The van der Waals surface area contributed by atoms with Crippen LogP contribution in [0.1, 0.15) is 27.2 Å². The molecule has 1 heterocycles. The number of carbonyl (C=O) groups is 2. The summed E-state index contributed by atoms with van der Waals surface area (Å²) in [4.78, 5) is 24.7. The van der Waals surface area contributed by atoms with Gasteiger partial charge in [-0.15, -0.1) is 0 Å². The van der Waals surface area contributed by atoms with Crippen molar-refractivity contribution in [2.75, 3.05) is 6.26 Å². The molecule has 0 aliphatic carbocycles. The predicted molar refractivity (Wildman–Crippen MR) is 102 cm³/mol. The average Bonchev–Trinajstić information content (AvgIpc) is 2.62. The zero-order valence-electron chi connectivity index (χ0n) is 15.1. The monoisotopic (exact) mass is 431 g/mol. The molecule has 0 radical (unpaired) electrons. The molecule has 1 aromatic carbocycles. The third-order valence-electron chi connectivity index (χ3n) is 3.36. The number of amides is 1. The molecule has 3 N–H and O–H groups in total. The van der Waals surface area contributed by atoms with Crippen LogP contribution in [0, 0.1) is 12.7 Å². The van der Waals surface area contributed by atoms with Crippen LogP contribution in [-0.4, -0.2) is 37.1 Å². The van der Waals surface area contributed by atoms with E-state index in [1.165, 1.54) is 18.3 Å². The maximum atomic E-state index is 13.9. The van der Waals surface area contributed by atoms with E-state index in [0.717, 1.165) is 6.26 Å². The van der Waals surface area contributed by atoms with Gasteiger partial charge >= 0.3 is 0 Å². The first-order valence-electron chi connectivity index (χ1n) is 7.78. The van der Waals surface area contributed by atoms with Crippen molar-refractivity contribution in [3.63, 3.8) is 0 Å². The molecule has 152 valence electrons. The van der Waals surface area contributed by atoms with Crippen LogP contribution in [0.15, 0.2) is 30.5 Å². The number of aromatic nitrogens is 1. The number of sulfonamides is 1. The van der Waals surface area contributed by atoms with E-state index in [9.17, 15) is 17.6 Å². The lowest BCUT2D eigenvalue weighted by atomic mass is 10.1. The Bertz CT molecular complexity index is 954. The molecule has 1 aromatic heterocycles. The molecule has 0 saturated heterocycles. The number of hydrogen-bond acceptors (Lipinski definition) is 5. The Labute approximate surface area is 166 Å². The minimum Gasteiger partial charge on any atom is -0.483 e. The minimum absolute atomic E-state index is 0.0509. The van der Waals surface area contributed by atoms with Crippen LogP contribution < -0.4 is 10.0 Å². The molecule has 0 spiro atoms. The molecule has 0 fully saturated rings. The van der Waals surface area contributed by atoms with Gasteiger partial charge in [-0.2, -0.15) is 0 Å². The van der Waals surface area contributed by atoms with Crippen molar-refractivity contribution in [2.45, 2.75) is 20.0 Å². The molecular formula is C17H19ClFN3O5S. The van der Waals surface area contributed by atoms with Crippen molar-refractivity contribution in [3.8, 4) is 0 Å². The molecule has 28 heavy (non-hydrogen) atoms. The van der Waals surface area contributed by atoms with Gasteiger partial charge in [-0.3, -0.25) is 14.6 Å². The molecule has 0 atom stereocenters. The van der Waals surface area contributed by atoms with E-state index in [1.54, 1.807) is 19.1 Å². The van der Waals surface area contributed by atoms with Crippen molar-refractivity contribution in [1.29, 1.82) is 0 Å². The molecule has 2 rings (SSSR count). The van der Waals surface area contributed by atoms with Crippen molar-refractivity contribution in [1.82, 2.24) is 15.0 Å². The number of pyridine rings is 1. The minimum atomic E-state index is -3.31. The Hall–Kier alpha value is -2.56. The molecule has 0 bridgehead atoms. The number of halogens is 2. The third kappa shape index (κ3) is 7.59. The average molecular weight is 432 g/mol. The highest BCUT2D eigenvalue weighted by atomic mass is 35.5. The van der Waals surface area contributed by atoms with Crippen molar-refractivity contribution < 1.29 is 27.5 Å². The molecule has 0 unspecified atom stereocenters. The standard InChI is InChI=1S/C16H17ClFN3O3S.CH2O2/c1-10-3-4-13(18)14(15(10)17)16(22)20-9-12-7-11(5-6-19-12)8-21-25(2,23)24;2-1-3/h3-7,21H,8-9H2,1-2H3,(H,20,22);1H,(H,2,3). The van der Waals surface area contributed by atoms with Gasteiger partial charge in [0, 0.05) is 12.7 Å². The zero-order valence-corrected chi connectivity index (χ0v) is 16.6. The second-order valence-electron chi connectivity index (χ2n) is 5.59. The van der Waals surface area contributed by atoms with Gasteiger partial charge in [-0.25, -0.2) is 17.5 Å². The fourth-order valence-electron chi connectivity index (χ4n) is 2.07. The van der Waals surface area contributed by atoms with E-state index < -0.39 is 21.7 Å². The summed E-state index contributed by atoms with van der Waals surface area (Å²) in [7, 11) is -3.31. The molecule has 0 aliphatic rings. The molecular weight excluding hydrogens is 413 g/mol. The van der Waals surface area contributed by atoms with Gasteiger partial charge in [-0.05, 0) is 36.2 Å². The first-order valence-corrected chi connectivity index (χ1v) is 10.0. The molecule has 1 amide bonds. The lowest BCUT2D eigenvalue weighted by Gasteiger charge is -2.10. The lowest BCUT2D eigenvalue weighted by molar-refractivity contribution is -0.122. The van der Waals surface area contributed by atoms with Crippen LogP contribution in [0.5, 0.6) is 0 Å². The predicted octanol–water partition coefficient (Wildman–Crippen LogP) is 1.86. The number of rotatable bonds is 6. The van der Waals surface area contributed by atoms with Crippen molar-refractivity contribution in [2.24, 2.45) is 0 Å². The first kappa shape index (κ1) is 23.5.